The average molecular weight is 161 g/mol. The molecule has 1 fully saturated rings. The third kappa shape index (κ3) is 1.45. The first-order valence-corrected chi connectivity index (χ1v) is 4.59. The van der Waals surface area contributed by atoms with Crippen LogP contribution in [0.4, 0.5) is 5.69 Å². The van der Waals surface area contributed by atoms with Crippen molar-refractivity contribution in [3.8, 4) is 0 Å². The van der Waals surface area contributed by atoms with E-state index in [-0.39, 0.29) is 0 Å². The van der Waals surface area contributed by atoms with E-state index in [1.807, 2.05) is 7.05 Å². The molecular formula is C11H15N. The maximum Gasteiger partial charge on any atom is 0.0343 e. The van der Waals surface area contributed by atoms with E-state index < -0.39 is 0 Å². The lowest BCUT2D eigenvalue weighted by Gasteiger charge is -2.05. The summed E-state index contributed by atoms with van der Waals surface area (Å²) in [4.78, 5) is 0. The number of hydrogen-bond donors (Lipinski definition) is 1. The predicted molar refractivity (Wildman–Crippen MR) is 52.7 cm³/mol. The lowest BCUT2D eigenvalue weighted by atomic mass is 10.1. The molecule has 0 spiro atoms. The molecular weight excluding hydrogens is 146 g/mol. The van der Waals surface area contributed by atoms with Crippen LogP contribution in [0.3, 0.4) is 0 Å². The van der Waals surface area contributed by atoms with Crippen LogP contribution in [-0.2, 0) is 0 Å². The van der Waals surface area contributed by atoms with Crippen molar-refractivity contribution in [3.05, 3.63) is 29.3 Å². The zero-order valence-corrected chi connectivity index (χ0v) is 7.72. The molecule has 0 saturated heterocycles. The van der Waals surface area contributed by atoms with E-state index in [0.29, 0.717) is 0 Å². The second-order valence-electron chi connectivity index (χ2n) is 3.66. The van der Waals surface area contributed by atoms with E-state index in [0.717, 1.165) is 5.92 Å². The van der Waals surface area contributed by atoms with Crippen molar-refractivity contribution in [2.75, 3.05) is 12.4 Å². The summed E-state index contributed by atoms with van der Waals surface area (Å²) in [5, 5.41) is 3.19. The van der Waals surface area contributed by atoms with E-state index in [1.54, 1.807) is 0 Å². The highest BCUT2D eigenvalue weighted by Crippen LogP contribution is 2.41. The molecule has 1 aliphatic rings. The number of hydrogen-bond acceptors (Lipinski definition) is 1. The fraction of sp³-hybridized carbons (Fsp3) is 0.455. The Labute approximate surface area is 73.8 Å². The third-order valence-electron chi connectivity index (χ3n) is 2.44. The van der Waals surface area contributed by atoms with Crippen LogP contribution >= 0.6 is 0 Å². The Morgan fingerprint density at radius 2 is 2.00 bits per heavy atom. The summed E-state index contributed by atoms with van der Waals surface area (Å²) in [6, 6.07) is 6.76. The highest BCUT2D eigenvalue weighted by atomic mass is 14.8. The molecule has 1 aliphatic carbocycles. The fourth-order valence-electron chi connectivity index (χ4n) is 1.61. The molecule has 0 amide bonds. The summed E-state index contributed by atoms with van der Waals surface area (Å²) in [6.45, 7) is 2.16. The third-order valence-corrected chi connectivity index (χ3v) is 2.44. The Hall–Kier alpha value is -0.980. The monoisotopic (exact) mass is 161 g/mol. The number of nitrogens with one attached hydrogen (secondary N) is 1. The molecule has 0 unspecified atom stereocenters. The van der Waals surface area contributed by atoms with Gasteiger partial charge in [0.1, 0.15) is 0 Å². The van der Waals surface area contributed by atoms with Crippen molar-refractivity contribution in [2.45, 2.75) is 25.7 Å². The van der Waals surface area contributed by atoms with Crippen molar-refractivity contribution in [2.24, 2.45) is 0 Å². The molecule has 2 rings (SSSR count). The Bertz CT molecular complexity index is 287. The molecule has 0 radical (unpaired) electrons. The van der Waals surface area contributed by atoms with E-state index in [1.165, 1.54) is 29.7 Å². The highest BCUT2D eigenvalue weighted by molar-refractivity contribution is 5.49. The topological polar surface area (TPSA) is 12.0 Å². The van der Waals surface area contributed by atoms with Gasteiger partial charge in [-0.05, 0) is 48.9 Å². The van der Waals surface area contributed by atoms with Crippen LogP contribution in [0.25, 0.3) is 0 Å². The fourth-order valence-corrected chi connectivity index (χ4v) is 1.61. The van der Waals surface area contributed by atoms with Gasteiger partial charge < -0.3 is 5.32 Å². The van der Waals surface area contributed by atoms with Gasteiger partial charge in [0.25, 0.3) is 0 Å². The van der Waals surface area contributed by atoms with E-state index in [2.05, 4.69) is 30.4 Å². The maximum atomic E-state index is 3.19. The van der Waals surface area contributed by atoms with Gasteiger partial charge in [-0.3, -0.25) is 0 Å². The first kappa shape index (κ1) is 7.66. The summed E-state index contributed by atoms with van der Waals surface area (Å²) >= 11 is 0. The van der Waals surface area contributed by atoms with E-state index in [4.69, 9.17) is 0 Å². The number of benzene rings is 1. The van der Waals surface area contributed by atoms with Crippen molar-refractivity contribution in [1.29, 1.82) is 0 Å². The highest BCUT2D eigenvalue weighted by Gasteiger charge is 2.23. The standard InChI is InChI=1S/C11H15N/c1-8-5-10(9-3-4-9)7-11(6-8)12-2/h5-7,9,12H,3-4H2,1-2H3. The molecule has 1 saturated carbocycles. The van der Waals surface area contributed by atoms with Crippen LogP contribution in [0.2, 0.25) is 0 Å². The van der Waals surface area contributed by atoms with Gasteiger partial charge in [0.05, 0.1) is 0 Å². The summed E-state index contributed by atoms with van der Waals surface area (Å²) < 4.78 is 0. The first-order chi connectivity index (χ1) is 5.79. The second-order valence-corrected chi connectivity index (χ2v) is 3.66. The Balaban J connectivity index is 2.34. The molecule has 0 bridgehead atoms. The molecule has 12 heavy (non-hydrogen) atoms. The van der Waals surface area contributed by atoms with Crippen LogP contribution in [0.1, 0.15) is 29.9 Å². The zero-order valence-electron chi connectivity index (χ0n) is 7.72. The summed E-state index contributed by atoms with van der Waals surface area (Å²) in [5.74, 6) is 0.858. The molecule has 1 aromatic rings. The minimum atomic E-state index is 0.858. The summed E-state index contributed by atoms with van der Waals surface area (Å²) in [5.41, 5.74) is 4.13. The van der Waals surface area contributed by atoms with Gasteiger partial charge in [-0.2, -0.15) is 0 Å². The van der Waals surface area contributed by atoms with Crippen LogP contribution in [0.5, 0.6) is 0 Å². The number of anilines is 1. The largest absolute Gasteiger partial charge is 0.388 e. The van der Waals surface area contributed by atoms with E-state index in [9.17, 15) is 0 Å². The molecule has 1 N–H and O–H groups in total. The van der Waals surface area contributed by atoms with Gasteiger partial charge in [0.2, 0.25) is 0 Å². The van der Waals surface area contributed by atoms with Gasteiger partial charge in [-0.1, -0.05) is 6.07 Å². The summed E-state index contributed by atoms with van der Waals surface area (Å²) in [6.07, 6.45) is 2.76. The Kier molecular flexibility index (Phi) is 1.80. The lowest BCUT2D eigenvalue weighted by Crippen LogP contribution is -1.90. The molecule has 0 aliphatic heterocycles. The molecule has 1 nitrogen and oxygen atoms in total. The molecule has 0 heterocycles. The van der Waals surface area contributed by atoms with Crippen molar-refractivity contribution in [3.63, 3.8) is 0 Å². The minimum Gasteiger partial charge on any atom is -0.388 e. The van der Waals surface area contributed by atoms with Crippen molar-refractivity contribution in [1.82, 2.24) is 0 Å². The van der Waals surface area contributed by atoms with Gasteiger partial charge in [0.15, 0.2) is 0 Å². The van der Waals surface area contributed by atoms with Crippen molar-refractivity contribution >= 4 is 5.69 Å². The predicted octanol–water partition coefficient (Wildman–Crippen LogP) is 2.91. The number of rotatable bonds is 2. The molecule has 1 heteroatoms. The molecule has 1 aromatic carbocycles. The normalized spacial score (nSPS) is 16.2. The first-order valence-electron chi connectivity index (χ1n) is 4.59. The number of aryl methyl sites for hydroxylation is 1. The van der Waals surface area contributed by atoms with Crippen LogP contribution in [-0.4, -0.2) is 7.05 Å². The van der Waals surface area contributed by atoms with Crippen LogP contribution < -0.4 is 5.32 Å². The van der Waals surface area contributed by atoms with Gasteiger partial charge in [0, 0.05) is 12.7 Å². The molecule has 0 aromatic heterocycles. The smallest absolute Gasteiger partial charge is 0.0343 e. The van der Waals surface area contributed by atoms with Gasteiger partial charge in [-0.15, -0.1) is 0 Å². The van der Waals surface area contributed by atoms with E-state index >= 15 is 0 Å². The molecule has 64 valence electrons. The quantitative estimate of drug-likeness (QED) is 0.703. The SMILES string of the molecule is CNc1cc(C)cc(C2CC2)c1. The summed E-state index contributed by atoms with van der Waals surface area (Å²) in [7, 11) is 1.98. The maximum absolute atomic E-state index is 3.19. The second kappa shape index (κ2) is 2.81. The Morgan fingerprint density at radius 3 is 2.58 bits per heavy atom. The van der Waals surface area contributed by atoms with Crippen LogP contribution in [0.15, 0.2) is 18.2 Å². The minimum absolute atomic E-state index is 0.858. The average Bonchev–Trinajstić information content (AvgIpc) is 2.85. The zero-order chi connectivity index (χ0) is 8.55. The lowest BCUT2D eigenvalue weighted by molar-refractivity contribution is 1.12. The van der Waals surface area contributed by atoms with Gasteiger partial charge >= 0.3 is 0 Å². The van der Waals surface area contributed by atoms with Crippen LogP contribution in [0, 0.1) is 6.92 Å². The Morgan fingerprint density at radius 1 is 1.25 bits per heavy atom. The van der Waals surface area contributed by atoms with Crippen molar-refractivity contribution < 1.29 is 0 Å². The van der Waals surface area contributed by atoms with Gasteiger partial charge in [-0.25, -0.2) is 0 Å². The molecule has 0 atom stereocenters.